The summed E-state index contributed by atoms with van der Waals surface area (Å²) in [5.74, 6) is -0.0612. The van der Waals surface area contributed by atoms with Crippen molar-refractivity contribution in [2.24, 2.45) is 14.1 Å². The molecule has 8 nitrogen and oxygen atoms in total. The van der Waals surface area contributed by atoms with E-state index >= 15 is 0 Å². The van der Waals surface area contributed by atoms with Crippen LogP contribution in [-0.2, 0) is 18.9 Å². The quantitative estimate of drug-likeness (QED) is 0.680. The van der Waals surface area contributed by atoms with Gasteiger partial charge in [-0.2, -0.15) is 0 Å². The van der Waals surface area contributed by atoms with Gasteiger partial charge in [-0.3, -0.25) is 18.7 Å². The number of nitrogens with zero attached hydrogens (tertiary/aromatic N) is 5. The molecule has 3 heterocycles. The van der Waals surface area contributed by atoms with Gasteiger partial charge in [0.05, 0.1) is 6.33 Å². The van der Waals surface area contributed by atoms with Crippen molar-refractivity contribution in [3.05, 3.63) is 63.1 Å². The average Bonchev–Trinajstić information content (AvgIpc) is 3.36. The molecule has 2 aromatic heterocycles. The average molecular weight is 367 g/mol. The lowest BCUT2D eigenvalue weighted by atomic mass is 10.1. The lowest BCUT2D eigenvalue weighted by Gasteiger charge is -2.25. The van der Waals surface area contributed by atoms with Crippen molar-refractivity contribution in [3.8, 4) is 0 Å². The van der Waals surface area contributed by atoms with Gasteiger partial charge in [0.1, 0.15) is 6.04 Å². The van der Waals surface area contributed by atoms with E-state index in [1.54, 1.807) is 11.6 Å². The minimum absolute atomic E-state index is 0.0612. The summed E-state index contributed by atoms with van der Waals surface area (Å²) in [6, 6.07) is 8.67. The molecule has 0 radical (unpaired) electrons. The highest BCUT2D eigenvalue weighted by Gasteiger charge is 2.31. The van der Waals surface area contributed by atoms with Gasteiger partial charge >= 0.3 is 5.69 Å². The monoisotopic (exact) mass is 367 g/mol. The Kier molecular flexibility index (Phi) is 4.18. The molecule has 8 heteroatoms. The van der Waals surface area contributed by atoms with Crippen LogP contribution in [0.15, 0.2) is 46.2 Å². The van der Waals surface area contributed by atoms with Crippen LogP contribution >= 0.6 is 0 Å². The number of likely N-dealkylation sites (tertiary alicyclic amines) is 1. The molecular weight excluding hydrogens is 346 g/mol. The first-order chi connectivity index (χ1) is 13.0. The molecule has 4 rings (SSSR count). The second kappa shape index (κ2) is 6.53. The first kappa shape index (κ1) is 17.3. The maximum absolute atomic E-state index is 13.3. The Labute approximate surface area is 155 Å². The van der Waals surface area contributed by atoms with E-state index in [0.717, 1.165) is 23.0 Å². The Balaban J connectivity index is 1.97. The van der Waals surface area contributed by atoms with Crippen LogP contribution in [0.3, 0.4) is 0 Å². The summed E-state index contributed by atoms with van der Waals surface area (Å²) in [6.45, 7) is 1.43. The fourth-order valence-corrected chi connectivity index (χ4v) is 3.73. The zero-order valence-electron chi connectivity index (χ0n) is 15.3. The van der Waals surface area contributed by atoms with Gasteiger partial charge in [-0.15, -0.1) is 0 Å². The third kappa shape index (κ3) is 2.68. The van der Waals surface area contributed by atoms with Crippen molar-refractivity contribution in [2.45, 2.75) is 18.9 Å². The molecule has 0 aliphatic carbocycles. The number of hydrogen-bond acceptors (Lipinski definition) is 4. The van der Waals surface area contributed by atoms with Gasteiger partial charge < -0.3 is 9.47 Å². The molecule has 0 saturated carbocycles. The topological polar surface area (TPSA) is 82.1 Å². The first-order valence-corrected chi connectivity index (χ1v) is 8.97. The standard InChI is InChI=1S/C19H21N5O3/c1-21-16-15(17(25)22(2)19(21)27)24(12-20-16)14(13-8-4-3-5-9-13)18(26)23-10-6-7-11-23/h3-5,8-9,12,14H,6-7,10-11H2,1-2H3/t14-/m0/s1. The van der Waals surface area contributed by atoms with E-state index in [2.05, 4.69) is 4.98 Å². The molecule has 0 bridgehead atoms. The number of aryl methyl sites for hydroxylation is 1. The van der Waals surface area contributed by atoms with Crippen LogP contribution in [0, 0.1) is 0 Å². The second-order valence-electron chi connectivity index (χ2n) is 6.88. The van der Waals surface area contributed by atoms with Gasteiger partial charge in [0.15, 0.2) is 11.2 Å². The fraction of sp³-hybridized carbons (Fsp3) is 0.368. The zero-order valence-corrected chi connectivity index (χ0v) is 15.3. The molecular formula is C19H21N5O3. The molecule has 1 aliphatic heterocycles. The van der Waals surface area contributed by atoms with Crippen molar-refractivity contribution in [1.29, 1.82) is 0 Å². The van der Waals surface area contributed by atoms with E-state index in [0.29, 0.717) is 13.1 Å². The highest BCUT2D eigenvalue weighted by molar-refractivity contribution is 5.86. The Morgan fingerprint density at radius 3 is 2.37 bits per heavy atom. The molecule has 0 N–H and O–H groups in total. The minimum Gasteiger partial charge on any atom is -0.341 e. The SMILES string of the molecule is Cn1c(=O)c2c(ncn2[C@H](C(=O)N2CCCC2)c2ccccc2)n(C)c1=O. The van der Waals surface area contributed by atoms with Gasteiger partial charge in [0, 0.05) is 27.2 Å². The zero-order chi connectivity index (χ0) is 19.1. The number of imidazole rings is 1. The summed E-state index contributed by atoms with van der Waals surface area (Å²) >= 11 is 0. The molecule has 1 fully saturated rings. The van der Waals surface area contributed by atoms with Crippen LogP contribution < -0.4 is 11.2 Å². The van der Waals surface area contributed by atoms with Crippen LogP contribution in [0.5, 0.6) is 0 Å². The van der Waals surface area contributed by atoms with E-state index in [-0.39, 0.29) is 17.1 Å². The van der Waals surface area contributed by atoms with Crippen LogP contribution in [0.4, 0.5) is 0 Å². The van der Waals surface area contributed by atoms with Crippen molar-refractivity contribution in [2.75, 3.05) is 13.1 Å². The highest BCUT2D eigenvalue weighted by Crippen LogP contribution is 2.25. The van der Waals surface area contributed by atoms with Gasteiger partial charge in [-0.1, -0.05) is 30.3 Å². The molecule has 1 saturated heterocycles. The number of hydrogen-bond donors (Lipinski definition) is 0. The summed E-state index contributed by atoms with van der Waals surface area (Å²) in [5.41, 5.74) is 0.407. The predicted molar refractivity (Wildman–Crippen MR) is 101 cm³/mol. The Morgan fingerprint density at radius 2 is 1.70 bits per heavy atom. The third-order valence-corrected chi connectivity index (χ3v) is 5.22. The molecule has 140 valence electrons. The molecule has 27 heavy (non-hydrogen) atoms. The van der Waals surface area contributed by atoms with Crippen molar-refractivity contribution < 1.29 is 4.79 Å². The number of rotatable bonds is 3. The molecule has 0 spiro atoms. The normalized spacial score (nSPS) is 15.4. The van der Waals surface area contributed by atoms with E-state index in [9.17, 15) is 14.4 Å². The van der Waals surface area contributed by atoms with Gasteiger partial charge in [0.25, 0.3) is 5.56 Å². The maximum atomic E-state index is 13.3. The number of carbonyl (C=O) groups excluding carboxylic acids is 1. The second-order valence-corrected chi connectivity index (χ2v) is 6.88. The lowest BCUT2D eigenvalue weighted by molar-refractivity contribution is -0.132. The van der Waals surface area contributed by atoms with Crippen LogP contribution in [-0.4, -0.2) is 42.6 Å². The molecule has 1 amide bonds. The number of carbonyl (C=O) groups is 1. The summed E-state index contributed by atoms with van der Waals surface area (Å²) in [7, 11) is 3.00. The lowest BCUT2D eigenvalue weighted by Crippen LogP contribution is -2.39. The Bertz CT molecular complexity index is 1120. The van der Waals surface area contributed by atoms with E-state index < -0.39 is 17.3 Å². The summed E-state index contributed by atoms with van der Waals surface area (Å²) < 4.78 is 3.98. The van der Waals surface area contributed by atoms with Crippen LogP contribution in [0.1, 0.15) is 24.4 Å². The molecule has 3 aromatic rings. The van der Waals surface area contributed by atoms with Crippen molar-refractivity contribution >= 4 is 17.1 Å². The number of amides is 1. The number of aromatic nitrogens is 4. The predicted octanol–water partition coefficient (Wildman–Crippen LogP) is 0.645. The number of benzene rings is 1. The van der Waals surface area contributed by atoms with E-state index in [1.807, 2.05) is 35.2 Å². The van der Waals surface area contributed by atoms with Crippen molar-refractivity contribution in [3.63, 3.8) is 0 Å². The Hall–Kier alpha value is -3.16. The largest absolute Gasteiger partial charge is 0.341 e. The smallest absolute Gasteiger partial charge is 0.332 e. The summed E-state index contributed by atoms with van der Waals surface area (Å²) in [4.78, 5) is 44.5. The van der Waals surface area contributed by atoms with Crippen LogP contribution in [0.25, 0.3) is 11.2 Å². The maximum Gasteiger partial charge on any atom is 0.332 e. The highest BCUT2D eigenvalue weighted by atomic mass is 16.2. The third-order valence-electron chi connectivity index (χ3n) is 5.22. The molecule has 1 atom stereocenters. The van der Waals surface area contributed by atoms with Gasteiger partial charge in [-0.25, -0.2) is 9.78 Å². The van der Waals surface area contributed by atoms with Gasteiger partial charge in [-0.05, 0) is 18.4 Å². The number of fused-ring (bicyclic) bond motifs is 1. The van der Waals surface area contributed by atoms with E-state index in [4.69, 9.17) is 0 Å². The van der Waals surface area contributed by atoms with E-state index in [1.165, 1.54) is 17.9 Å². The summed E-state index contributed by atoms with van der Waals surface area (Å²) in [5, 5.41) is 0. The molecule has 0 unspecified atom stereocenters. The van der Waals surface area contributed by atoms with Crippen LogP contribution in [0.2, 0.25) is 0 Å². The summed E-state index contributed by atoms with van der Waals surface area (Å²) in [6.07, 6.45) is 3.44. The minimum atomic E-state index is -0.695. The fourth-order valence-electron chi connectivity index (χ4n) is 3.73. The first-order valence-electron chi connectivity index (χ1n) is 8.97. The Morgan fingerprint density at radius 1 is 1.04 bits per heavy atom. The van der Waals surface area contributed by atoms with Crippen molar-refractivity contribution in [1.82, 2.24) is 23.6 Å². The molecule has 1 aliphatic rings. The van der Waals surface area contributed by atoms with Gasteiger partial charge in [0.2, 0.25) is 5.91 Å². The molecule has 1 aromatic carbocycles.